The van der Waals surface area contributed by atoms with Crippen molar-refractivity contribution in [2.75, 3.05) is 26.7 Å². The van der Waals surface area contributed by atoms with Gasteiger partial charge in [-0.15, -0.1) is 0 Å². The number of amides is 2. The number of ether oxygens (including phenoxy) is 1. The van der Waals surface area contributed by atoms with Gasteiger partial charge in [-0.3, -0.25) is 19.3 Å². The van der Waals surface area contributed by atoms with E-state index in [9.17, 15) is 19.2 Å². The van der Waals surface area contributed by atoms with Gasteiger partial charge in [-0.2, -0.15) is 0 Å². The highest BCUT2D eigenvalue weighted by atomic mass is 16.6. The van der Waals surface area contributed by atoms with Gasteiger partial charge >= 0.3 is 6.09 Å². The number of hydrogen-bond donors (Lipinski definition) is 0. The van der Waals surface area contributed by atoms with Crippen molar-refractivity contribution in [3.05, 3.63) is 71.3 Å². The number of hydrogen-bond acceptors (Lipinski definition) is 6. The molecule has 2 aromatic rings. The van der Waals surface area contributed by atoms with Crippen molar-refractivity contribution in [3.63, 3.8) is 0 Å². The lowest BCUT2D eigenvalue weighted by atomic mass is 9.79. The molecule has 4 atom stereocenters. The molecule has 2 amide bonds. The van der Waals surface area contributed by atoms with Gasteiger partial charge in [-0.25, -0.2) is 4.79 Å². The SMILES string of the molecule is CC(C)[C@H](CC(=O)[C@H](C)N(C)C(=O)OC(C)(C)C)C(=O)N1CCN(Cc2ccccc2)C[C@H]1C(=O)C[C@@H]1CCCc2ccccc21. The van der Waals surface area contributed by atoms with Crippen LogP contribution in [0.2, 0.25) is 0 Å². The standard InChI is InChI=1S/C38H53N3O5/c1-26(2)32(23-34(42)27(3)39(7)37(45)46-38(4,5)6)36(44)41-21-20-40(24-28-14-9-8-10-15-28)25-33(41)35(43)22-30-18-13-17-29-16-11-12-19-31(29)30/h8-12,14-16,19,26-27,30,32-33H,13,17-18,20-25H2,1-7H3/t27-,30-,32-,33-/m0/s1. The Morgan fingerprint density at radius 3 is 2.30 bits per heavy atom. The quantitative estimate of drug-likeness (QED) is 0.291. The predicted molar refractivity (Wildman–Crippen MR) is 180 cm³/mol. The third-order valence-corrected chi connectivity index (χ3v) is 9.58. The van der Waals surface area contributed by atoms with E-state index in [1.54, 1.807) is 39.6 Å². The Morgan fingerprint density at radius 2 is 1.63 bits per heavy atom. The number of rotatable bonds is 11. The summed E-state index contributed by atoms with van der Waals surface area (Å²) >= 11 is 0. The molecule has 4 rings (SSSR count). The fourth-order valence-electron chi connectivity index (χ4n) is 6.73. The summed E-state index contributed by atoms with van der Waals surface area (Å²) in [6.07, 6.45) is 2.86. The second kappa shape index (κ2) is 15.4. The molecule has 0 radical (unpaired) electrons. The minimum Gasteiger partial charge on any atom is -0.444 e. The third-order valence-electron chi connectivity index (χ3n) is 9.58. The van der Waals surface area contributed by atoms with Crippen molar-refractivity contribution in [3.8, 4) is 0 Å². The first-order valence-electron chi connectivity index (χ1n) is 16.9. The number of ketones is 2. The minimum absolute atomic E-state index is 0.00799. The van der Waals surface area contributed by atoms with Crippen LogP contribution in [-0.4, -0.2) is 82.6 Å². The molecule has 0 spiro atoms. The Balaban J connectivity index is 1.53. The van der Waals surface area contributed by atoms with Crippen LogP contribution in [0.1, 0.15) is 89.8 Å². The molecule has 2 aliphatic rings. The minimum atomic E-state index is -0.754. The molecular weight excluding hydrogens is 578 g/mol. The fourth-order valence-corrected chi connectivity index (χ4v) is 6.73. The van der Waals surface area contributed by atoms with Crippen molar-refractivity contribution < 1.29 is 23.9 Å². The van der Waals surface area contributed by atoms with E-state index in [0.29, 0.717) is 32.6 Å². The van der Waals surface area contributed by atoms with Crippen LogP contribution in [-0.2, 0) is 32.1 Å². The number of aryl methyl sites for hydroxylation is 1. The number of fused-ring (bicyclic) bond motifs is 1. The molecule has 2 aromatic carbocycles. The Morgan fingerprint density at radius 1 is 0.957 bits per heavy atom. The Kier molecular flexibility index (Phi) is 11.8. The first-order chi connectivity index (χ1) is 21.7. The van der Waals surface area contributed by atoms with Gasteiger partial charge in [-0.1, -0.05) is 68.4 Å². The highest BCUT2D eigenvalue weighted by Crippen LogP contribution is 2.35. The highest BCUT2D eigenvalue weighted by Gasteiger charge is 2.41. The molecular formula is C38H53N3O5. The third kappa shape index (κ3) is 9.05. The highest BCUT2D eigenvalue weighted by molar-refractivity contribution is 5.94. The molecule has 8 heteroatoms. The lowest BCUT2D eigenvalue weighted by Gasteiger charge is -2.43. The van der Waals surface area contributed by atoms with Gasteiger partial charge in [0.15, 0.2) is 11.6 Å². The van der Waals surface area contributed by atoms with Gasteiger partial charge in [0, 0.05) is 52.0 Å². The molecule has 0 saturated carbocycles. The van der Waals surface area contributed by atoms with E-state index < -0.39 is 29.7 Å². The van der Waals surface area contributed by atoms with E-state index in [0.717, 1.165) is 19.3 Å². The van der Waals surface area contributed by atoms with Crippen molar-refractivity contribution in [1.82, 2.24) is 14.7 Å². The number of nitrogens with zero attached hydrogens (tertiary/aromatic N) is 3. The van der Waals surface area contributed by atoms with Gasteiger partial charge in [0.05, 0.1) is 6.04 Å². The molecule has 0 N–H and O–H groups in total. The average Bonchev–Trinajstić information content (AvgIpc) is 3.02. The van der Waals surface area contributed by atoms with Crippen LogP contribution in [0.15, 0.2) is 54.6 Å². The maximum Gasteiger partial charge on any atom is 0.410 e. The van der Waals surface area contributed by atoms with Crippen LogP contribution in [0.25, 0.3) is 0 Å². The number of Topliss-reactive ketones (excluding diaryl/α,β-unsaturated/α-hetero) is 2. The second-order valence-corrected chi connectivity index (χ2v) is 14.5. The van der Waals surface area contributed by atoms with E-state index in [1.807, 2.05) is 38.1 Å². The van der Waals surface area contributed by atoms with Crippen LogP contribution < -0.4 is 0 Å². The molecule has 46 heavy (non-hydrogen) atoms. The molecule has 8 nitrogen and oxygen atoms in total. The molecule has 250 valence electrons. The number of carbonyl (C=O) groups is 4. The first kappa shape index (κ1) is 35.3. The van der Waals surface area contributed by atoms with Gasteiger partial charge in [0.1, 0.15) is 11.6 Å². The van der Waals surface area contributed by atoms with Crippen LogP contribution in [0.4, 0.5) is 4.79 Å². The number of likely N-dealkylation sites (N-methyl/N-ethyl adjacent to an activating group) is 1. The predicted octanol–water partition coefficient (Wildman–Crippen LogP) is 6.27. The zero-order valence-corrected chi connectivity index (χ0v) is 28.8. The first-order valence-corrected chi connectivity index (χ1v) is 16.9. The molecule has 1 saturated heterocycles. The Bertz CT molecular complexity index is 1370. The van der Waals surface area contributed by atoms with Gasteiger partial charge in [-0.05, 0) is 75.5 Å². The van der Waals surface area contributed by atoms with Crippen LogP contribution in [0.3, 0.4) is 0 Å². The van der Waals surface area contributed by atoms with Crippen LogP contribution >= 0.6 is 0 Å². The summed E-state index contributed by atoms with van der Waals surface area (Å²) < 4.78 is 5.46. The summed E-state index contributed by atoms with van der Waals surface area (Å²) in [7, 11) is 1.55. The van der Waals surface area contributed by atoms with Crippen LogP contribution in [0, 0.1) is 11.8 Å². The molecule has 1 fully saturated rings. The Labute approximate surface area is 275 Å². The van der Waals surface area contributed by atoms with E-state index in [2.05, 4.69) is 35.2 Å². The largest absolute Gasteiger partial charge is 0.444 e. The number of carbonyl (C=O) groups excluding carboxylic acids is 4. The summed E-state index contributed by atoms with van der Waals surface area (Å²) in [6.45, 7) is 13.1. The van der Waals surface area contributed by atoms with E-state index in [-0.39, 0.29) is 35.7 Å². The summed E-state index contributed by atoms with van der Waals surface area (Å²) in [5.74, 6) is -0.862. The summed E-state index contributed by atoms with van der Waals surface area (Å²) in [5, 5.41) is 0. The summed E-state index contributed by atoms with van der Waals surface area (Å²) in [6, 6.07) is 17.3. The zero-order chi connectivity index (χ0) is 33.6. The van der Waals surface area contributed by atoms with Crippen molar-refractivity contribution in [1.29, 1.82) is 0 Å². The molecule has 0 bridgehead atoms. The maximum absolute atomic E-state index is 14.4. The summed E-state index contributed by atoms with van der Waals surface area (Å²) in [4.78, 5) is 60.1. The maximum atomic E-state index is 14.4. The van der Waals surface area contributed by atoms with E-state index >= 15 is 0 Å². The van der Waals surface area contributed by atoms with E-state index in [4.69, 9.17) is 4.74 Å². The Hall–Kier alpha value is -3.52. The molecule has 0 aromatic heterocycles. The lowest BCUT2D eigenvalue weighted by molar-refractivity contribution is -0.149. The molecule has 1 aliphatic heterocycles. The molecule has 0 unspecified atom stereocenters. The van der Waals surface area contributed by atoms with Crippen LogP contribution in [0.5, 0.6) is 0 Å². The number of piperazine rings is 1. The van der Waals surface area contributed by atoms with Gasteiger partial charge in [0.25, 0.3) is 0 Å². The van der Waals surface area contributed by atoms with Gasteiger partial charge in [0.2, 0.25) is 5.91 Å². The van der Waals surface area contributed by atoms with Crippen molar-refractivity contribution >= 4 is 23.6 Å². The lowest BCUT2D eigenvalue weighted by Crippen LogP contribution is -2.59. The topological polar surface area (TPSA) is 87.2 Å². The van der Waals surface area contributed by atoms with Gasteiger partial charge < -0.3 is 14.5 Å². The summed E-state index contributed by atoms with van der Waals surface area (Å²) in [5.41, 5.74) is 3.06. The second-order valence-electron chi connectivity index (χ2n) is 14.5. The fraction of sp³-hybridized carbons (Fsp3) is 0.579. The normalized spacial score (nSPS) is 20.0. The molecule has 1 heterocycles. The smallest absolute Gasteiger partial charge is 0.410 e. The zero-order valence-electron chi connectivity index (χ0n) is 28.8. The monoisotopic (exact) mass is 631 g/mol. The van der Waals surface area contributed by atoms with Crippen molar-refractivity contribution in [2.24, 2.45) is 11.8 Å². The number of benzene rings is 2. The average molecular weight is 632 g/mol. The van der Waals surface area contributed by atoms with E-state index in [1.165, 1.54) is 21.6 Å². The molecule has 1 aliphatic carbocycles. The van der Waals surface area contributed by atoms with Crippen molar-refractivity contribution in [2.45, 2.75) is 104 Å².